The molecule has 4 aromatic carbocycles. The van der Waals surface area contributed by atoms with Crippen molar-refractivity contribution >= 4 is 28.7 Å². The third kappa shape index (κ3) is 6.55. The maximum absolute atomic E-state index is 12.9. The molecule has 0 spiro atoms. The number of carbonyl (C=O) groups excluding carboxylic acids is 1. The molecule has 196 valence electrons. The lowest BCUT2D eigenvalue weighted by Crippen LogP contribution is -2.31. The summed E-state index contributed by atoms with van der Waals surface area (Å²) in [6.45, 7) is 0.480. The highest BCUT2D eigenvalue weighted by Gasteiger charge is 2.13. The van der Waals surface area contributed by atoms with Crippen molar-refractivity contribution < 1.29 is 14.6 Å². The SMILES string of the molecule is CN(C(=O)Nc1ccc(OCc2ccccc2)cc1)c1cccc(-c2ccc(Cc3sc(=O)[nH]c3O)cc2)c1. The molecule has 5 aromatic rings. The van der Waals surface area contributed by atoms with Crippen LogP contribution in [0.1, 0.15) is 16.0 Å². The molecule has 0 aliphatic heterocycles. The number of H-pyrrole nitrogens is 1. The number of hydrogen-bond acceptors (Lipinski definition) is 5. The zero-order valence-corrected chi connectivity index (χ0v) is 22.1. The molecule has 7 nitrogen and oxygen atoms in total. The Balaban J connectivity index is 1.20. The predicted molar refractivity (Wildman–Crippen MR) is 156 cm³/mol. The number of aromatic hydroxyl groups is 1. The summed E-state index contributed by atoms with van der Waals surface area (Å²) in [5, 5.41) is 12.8. The van der Waals surface area contributed by atoms with Gasteiger partial charge in [-0.15, -0.1) is 0 Å². The predicted octanol–water partition coefficient (Wildman–Crippen LogP) is 6.65. The van der Waals surface area contributed by atoms with Crippen LogP contribution < -0.4 is 19.8 Å². The van der Waals surface area contributed by atoms with Crippen LogP contribution in [0.4, 0.5) is 16.2 Å². The number of benzene rings is 4. The van der Waals surface area contributed by atoms with E-state index >= 15 is 0 Å². The highest BCUT2D eigenvalue weighted by molar-refractivity contribution is 7.09. The molecule has 2 amide bonds. The van der Waals surface area contributed by atoms with Crippen molar-refractivity contribution in [2.24, 2.45) is 0 Å². The van der Waals surface area contributed by atoms with Gasteiger partial charge in [-0.1, -0.05) is 78.1 Å². The van der Waals surface area contributed by atoms with Crippen LogP contribution in [0.2, 0.25) is 0 Å². The fourth-order valence-electron chi connectivity index (χ4n) is 4.07. The first-order valence-electron chi connectivity index (χ1n) is 12.4. The summed E-state index contributed by atoms with van der Waals surface area (Å²) in [4.78, 5) is 28.7. The molecule has 3 N–H and O–H groups in total. The van der Waals surface area contributed by atoms with Crippen molar-refractivity contribution in [2.75, 3.05) is 17.3 Å². The molecular weight excluding hydrogens is 510 g/mol. The molecule has 8 heteroatoms. The fraction of sp³-hybridized carbons (Fsp3) is 0.0968. The Kier molecular flexibility index (Phi) is 7.75. The monoisotopic (exact) mass is 537 g/mol. The summed E-state index contributed by atoms with van der Waals surface area (Å²) in [7, 11) is 1.73. The smallest absolute Gasteiger partial charge is 0.326 e. The molecule has 0 saturated heterocycles. The van der Waals surface area contributed by atoms with Gasteiger partial charge in [0.05, 0.1) is 4.88 Å². The van der Waals surface area contributed by atoms with Crippen LogP contribution in [-0.2, 0) is 13.0 Å². The molecule has 1 heterocycles. The lowest BCUT2D eigenvalue weighted by molar-refractivity contribution is 0.258. The minimum atomic E-state index is -0.269. The van der Waals surface area contributed by atoms with Crippen molar-refractivity contribution in [3.05, 3.63) is 129 Å². The maximum atomic E-state index is 12.9. The van der Waals surface area contributed by atoms with Gasteiger partial charge in [-0.2, -0.15) is 0 Å². The van der Waals surface area contributed by atoms with E-state index in [9.17, 15) is 14.7 Å². The number of nitrogens with one attached hydrogen (secondary N) is 2. The van der Waals surface area contributed by atoms with Crippen LogP contribution in [0.25, 0.3) is 11.1 Å². The third-order valence-corrected chi connectivity index (χ3v) is 7.12. The number of carbonyl (C=O) groups is 1. The molecule has 0 unspecified atom stereocenters. The lowest BCUT2D eigenvalue weighted by Gasteiger charge is -2.19. The summed E-state index contributed by atoms with van der Waals surface area (Å²) >= 11 is 1.01. The van der Waals surface area contributed by atoms with Crippen LogP contribution in [0.15, 0.2) is 108 Å². The Morgan fingerprint density at radius 2 is 1.64 bits per heavy atom. The summed E-state index contributed by atoms with van der Waals surface area (Å²) in [6, 6.07) is 32.6. The Hall–Kier alpha value is -4.82. The molecule has 0 atom stereocenters. The topological polar surface area (TPSA) is 94.7 Å². The second-order valence-corrected chi connectivity index (χ2v) is 10.1. The first-order chi connectivity index (χ1) is 18.9. The minimum absolute atomic E-state index is 0.0737. The van der Waals surface area contributed by atoms with Gasteiger partial charge in [-0.05, 0) is 58.7 Å². The largest absolute Gasteiger partial charge is 0.494 e. The van der Waals surface area contributed by atoms with Crippen molar-refractivity contribution in [1.82, 2.24) is 4.98 Å². The first kappa shape index (κ1) is 25.8. The van der Waals surface area contributed by atoms with Crippen molar-refractivity contribution in [1.29, 1.82) is 0 Å². The molecular formula is C31H27N3O4S. The number of amides is 2. The van der Waals surface area contributed by atoms with E-state index < -0.39 is 0 Å². The zero-order valence-electron chi connectivity index (χ0n) is 21.3. The van der Waals surface area contributed by atoms with Gasteiger partial charge < -0.3 is 15.2 Å². The summed E-state index contributed by atoms with van der Waals surface area (Å²) in [5.41, 5.74) is 5.45. The van der Waals surface area contributed by atoms with Crippen LogP contribution >= 0.6 is 11.3 Å². The number of urea groups is 1. The van der Waals surface area contributed by atoms with Gasteiger partial charge in [0, 0.05) is 24.8 Å². The number of rotatable bonds is 8. The average molecular weight is 538 g/mol. The molecule has 0 radical (unpaired) electrons. The average Bonchev–Trinajstić information content (AvgIpc) is 3.29. The van der Waals surface area contributed by atoms with Gasteiger partial charge in [0.15, 0.2) is 0 Å². The van der Waals surface area contributed by atoms with E-state index in [1.807, 2.05) is 103 Å². The quantitative estimate of drug-likeness (QED) is 0.207. The van der Waals surface area contributed by atoms with Crippen molar-refractivity contribution in [3.8, 4) is 22.8 Å². The lowest BCUT2D eigenvalue weighted by atomic mass is 10.0. The van der Waals surface area contributed by atoms with E-state index in [0.717, 1.165) is 45.0 Å². The normalized spacial score (nSPS) is 10.7. The summed E-state index contributed by atoms with van der Waals surface area (Å²) in [5.74, 6) is 0.653. The van der Waals surface area contributed by atoms with E-state index in [4.69, 9.17) is 4.74 Å². The molecule has 5 rings (SSSR count). The highest BCUT2D eigenvalue weighted by Crippen LogP contribution is 2.27. The summed E-state index contributed by atoms with van der Waals surface area (Å²) < 4.78 is 5.82. The Morgan fingerprint density at radius 3 is 2.33 bits per heavy atom. The molecule has 0 fully saturated rings. The second kappa shape index (κ2) is 11.7. The van der Waals surface area contributed by atoms with Gasteiger partial charge in [-0.25, -0.2) is 4.79 Å². The zero-order chi connectivity index (χ0) is 27.2. The number of thiazole rings is 1. The molecule has 0 aliphatic carbocycles. The highest BCUT2D eigenvalue weighted by atomic mass is 32.1. The number of aromatic amines is 1. The van der Waals surface area contributed by atoms with Crippen molar-refractivity contribution in [2.45, 2.75) is 13.0 Å². The van der Waals surface area contributed by atoms with Gasteiger partial charge in [-0.3, -0.25) is 14.7 Å². The van der Waals surface area contributed by atoms with E-state index in [1.165, 1.54) is 0 Å². The molecule has 1 aromatic heterocycles. The summed E-state index contributed by atoms with van der Waals surface area (Å²) in [6.07, 6.45) is 0.471. The van der Waals surface area contributed by atoms with Crippen molar-refractivity contribution in [3.63, 3.8) is 0 Å². The molecule has 0 saturated carbocycles. The van der Waals surface area contributed by atoms with Gasteiger partial charge in [0.25, 0.3) is 0 Å². The number of anilines is 2. The van der Waals surface area contributed by atoms with E-state index in [-0.39, 0.29) is 16.8 Å². The van der Waals surface area contributed by atoms with Gasteiger partial charge in [0.1, 0.15) is 12.4 Å². The first-order valence-corrected chi connectivity index (χ1v) is 13.2. The minimum Gasteiger partial charge on any atom is -0.494 e. The van der Waals surface area contributed by atoms with Crippen LogP contribution in [0.5, 0.6) is 11.6 Å². The van der Waals surface area contributed by atoms with Crippen LogP contribution in [-0.4, -0.2) is 23.2 Å². The van der Waals surface area contributed by atoms with Gasteiger partial charge in [0.2, 0.25) is 5.88 Å². The standard InChI is InChI=1S/C31H27N3O4S/c1-34(30(36)32-25-14-16-27(17-15-25)38-20-22-6-3-2-4-7-22)26-9-5-8-24(19-26)23-12-10-21(11-13-23)18-28-29(35)33-31(37)39-28/h2-17,19,35H,18,20H2,1H3,(H,32,36)(H,33,37). The molecule has 0 bridgehead atoms. The Morgan fingerprint density at radius 1 is 0.897 bits per heavy atom. The van der Waals surface area contributed by atoms with Crippen LogP contribution in [0, 0.1) is 0 Å². The fourth-order valence-corrected chi connectivity index (χ4v) is 4.82. The number of ether oxygens (including phenoxy) is 1. The third-order valence-electron chi connectivity index (χ3n) is 6.24. The van der Waals surface area contributed by atoms with Crippen LogP contribution in [0.3, 0.4) is 0 Å². The Labute approximate surface area is 230 Å². The van der Waals surface area contributed by atoms with E-state index in [1.54, 1.807) is 11.9 Å². The second-order valence-electron chi connectivity index (χ2n) is 9.00. The van der Waals surface area contributed by atoms with E-state index in [2.05, 4.69) is 10.3 Å². The number of hydrogen-bond donors (Lipinski definition) is 3. The number of nitrogens with zero attached hydrogens (tertiary/aromatic N) is 1. The van der Waals surface area contributed by atoms with E-state index in [0.29, 0.717) is 23.6 Å². The Bertz CT molecular complexity index is 1610. The van der Waals surface area contributed by atoms with Gasteiger partial charge >= 0.3 is 10.9 Å². The molecule has 39 heavy (non-hydrogen) atoms. The number of aromatic nitrogens is 1. The molecule has 0 aliphatic rings. The maximum Gasteiger partial charge on any atom is 0.326 e.